The van der Waals surface area contributed by atoms with Crippen LogP contribution in [0.5, 0.6) is 0 Å². The molecule has 0 unspecified atom stereocenters. The minimum atomic E-state index is -5.25. The van der Waals surface area contributed by atoms with E-state index in [0.29, 0.717) is 0 Å². The van der Waals surface area contributed by atoms with E-state index in [1.807, 2.05) is 0 Å². The Balaban J connectivity index is 0. The van der Waals surface area contributed by atoms with Gasteiger partial charge in [0.15, 0.2) is 0 Å². The average molecular weight is 170 g/mol. The van der Waals surface area contributed by atoms with Gasteiger partial charge in [0.1, 0.15) is 0 Å². The summed E-state index contributed by atoms with van der Waals surface area (Å²) in [4.78, 5) is 0. The second kappa shape index (κ2) is 2.71. The predicted molar refractivity (Wildman–Crippen MR) is 5.81 cm³/mol. The molecule has 0 fully saturated rings. The normalized spacial score (nSPS) is 9.67. The van der Waals surface area contributed by atoms with Gasteiger partial charge in [-0.1, -0.05) is 0 Å². The molecule has 0 aliphatic heterocycles. The molecule has 0 aromatic heterocycles. The third kappa shape index (κ3) is 172. The Morgan fingerprint density at radius 1 is 1.17 bits per heavy atom. The van der Waals surface area contributed by atoms with E-state index in [1.165, 1.54) is 0 Å². The van der Waals surface area contributed by atoms with Gasteiger partial charge in [0.05, 0.1) is 0 Å². The second-order valence-corrected chi connectivity index (χ2v) is 1.85. The first-order valence-corrected chi connectivity index (χ1v) is 2.88. The first-order chi connectivity index (χ1) is 2.00. The molecule has 2 N–H and O–H groups in total. The molecule has 0 rings (SSSR count). The van der Waals surface area contributed by atoms with E-state index in [4.69, 9.17) is 15.9 Å². The molecule has 0 aliphatic carbocycles. The Morgan fingerprint density at radius 2 is 1.17 bits per heavy atom. The van der Waals surface area contributed by atoms with E-state index in [0.717, 1.165) is 0 Å². The van der Waals surface area contributed by atoms with Gasteiger partial charge in [-0.15, -0.1) is 0 Å². The van der Waals surface area contributed by atoms with E-state index < -0.39 is 13.6 Å². The molecule has 0 saturated heterocycles. The van der Waals surface area contributed by atoms with Crippen molar-refractivity contribution in [1.29, 1.82) is 0 Å². The van der Waals surface area contributed by atoms with Gasteiger partial charge < -0.3 is 0 Å². The SMILES string of the molecule is [Cr+6].[O]=[Cr](=[O])([OH])[OH]. The summed E-state index contributed by atoms with van der Waals surface area (Å²) in [7, 11) is 0. The van der Waals surface area contributed by atoms with Crippen LogP contribution in [0.15, 0.2) is 0 Å². The second-order valence-electron chi connectivity index (χ2n) is 0.448. The van der Waals surface area contributed by atoms with Crippen molar-refractivity contribution >= 4 is 0 Å². The van der Waals surface area contributed by atoms with Gasteiger partial charge in [-0.2, -0.15) is 0 Å². The Labute approximate surface area is 47.3 Å². The molecular formula is H2Cr2O4+6. The van der Waals surface area contributed by atoms with Gasteiger partial charge in [0, 0.05) is 0 Å². The van der Waals surface area contributed by atoms with Crippen molar-refractivity contribution in [2.24, 2.45) is 0 Å². The fourth-order valence-electron chi connectivity index (χ4n) is 0. The van der Waals surface area contributed by atoms with Crippen LogP contribution < -0.4 is 0 Å². The fourth-order valence-corrected chi connectivity index (χ4v) is 0. The first kappa shape index (κ1) is 9.77. The Bertz CT molecular complexity index is 88.7. The molecule has 0 amide bonds. The van der Waals surface area contributed by atoms with Crippen molar-refractivity contribution in [1.82, 2.24) is 0 Å². The van der Waals surface area contributed by atoms with Gasteiger partial charge in [0.2, 0.25) is 0 Å². The fraction of sp³-hybridized carbons (Fsp3) is 0. The van der Waals surface area contributed by atoms with Gasteiger partial charge in [-0.25, -0.2) is 0 Å². The zero-order valence-electron chi connectivity index (χ0n) is 2.53. The summed E-state index contributed by atoms with van der Waals surface area (Å²) in [6, 6.07) is 0. The summed E-state index contributed by atoms with van der Waals surface area (Å²) in [5.41, 5.74) is 0. The Morgan fingerprint density at radius 3 is 1.17 bits per heavy atom. The zero-order valence-corrected chi connectivity index (χ0v) is 5.08. The quantitative estimate of drug-likeness (QED) is 0.471. The summed E-state index contributed by atoms with van der Waals surface area (Å²) >= 11 is -5.25. The van der Waals surface area contributed by atoms with Crippen LogP contribution in [0.3, 0.4) is 0 Å². The molecule has 0 radical (unpaired) electrons. The van der Waals surface area contributed by atoms with E-state index in [-0.39, 0.29) is 17.4 Å². The van der Waals surface area contributed by atoms with Crippen LogP contribution >= 0.6 is 0 Å². The summed E-state index contributed by atoms with van der Waals surface area (Å²) in [6.45, 7) is 0. The number of rotatable bonds is 0. The van der Waals surface area contributed by atoms with E-state index >= 15 is 0 Å². The monoisotopic (exact) mass is 170 g/mol. The molecule has 4 nitrogen and oxygen atoms in total. The van der Waals surface area contributed by atoms with Crippen LogP contribution in [0.4, 0.5) is 0 Å². The molecule has 0 aromatic rings. The van der Waals surface area contributed by atoms with Crippen LogP contribution in [-0.4, -0.2) is 8.32 Å². The number of hydrogen-bond acceptors (Lipinski definition) is 2. The van der Waals surface area contributed by atoms with Gasteiger partial charge >= 0.3 is 46.9 Å². The van der Waals surface area contributed by atoms with E-state index in [1.54, 1.807) is 0 Å². The molecule has 0 aliphatic rings. The maximum atomic E-state index is 8.82. The molecule has 0 atom stereocenters. The molecule has 32 valence electrons. The molecule has 0 saturated carbocycles. The van der Waals surface area contributed by atoms with E-state index in [9.17, 15) is 0 Å². The molecule has 6 heavy (non-hydrogen) atoms. The first-order valence-electron chi connectivity index (χ1n) is 0.698. The van der Waals surface area contributed by atoms with Crippen molar-refractivity contribution in [3.05, 3.63) is 0 Å². The van der Waals surface area contributed by atoms with Crippen molar-refractivity contribution in [3.8, 4) is 0 Å². The molecule has 0 aromatic carbocycles. The summed E-state index contributed by atoms with van der Waals surface area (Å²) in [6.07, 6.45) is 0. The van der Waals surface area contributed by atoms with Crippen molar-refractivity contribution in [2.45, 2.75) is 0 Å². The summed E-state index contributed by atoms with van der Waals surface area (Å²) in [5.74, 6) is 0. The van der Waals surface area contributed by atoms with Crippen molar-refractivity contribution in [2.75, 3.05) is 0 Å². The van der Waals surface area contributed by atoms with Gasteiger partial charge in [-0.3, -0.25) is 0 Å². The van der Waals surface area contributed by atoms with Crippen molar-refractivity contribution in [3.63, 3.8) is 0 Å². The van der Waals surface area contributed by atoms with Gasteiger partial charge in [-0.05, 0) is 0 Å². The predicted octanol–water partition coefficient (Wildman–Crippen LogP) is -1.36. The van der Waals surface area contributed by atoms with Crippen LogP contribution in [-0.2, 0) is 38.6 Å². The third-order valence-electron chi connectivity index (χ3n) is 0. The minimum absolute atomic E-state index is 0. The van der Waals surface area contributed by atoms with E-state index in [2.05, 4.69) is 0 Å². The summed E-state index contributed by atoms with van der Waals surface area (Å²) < 4.78 is 31.9. The molecule has 0 heterocycles. The van der Waals surface area contributed by atoms with Crippen LogP contribution in [0.2, 0.25) is 0 Å². The molecule has 0 spiro atoms. The van der Waals surface area contributed by atoms with Gasteiger partial charge in [0.25, 0.3) is 0 Å². The van der Waals surface area contributed by atoms with Crippen molar-refractivity contribution < 1.29 is 46.9 Å². The third-order valence-corrected chi connectivity index (χ3v) is 0. The standard InChI is InChI=1S/2Cr.2H2O.2O/h;;2*1H2;;/q+2;+6;;;;/p-2. The van der Waals surface area contributed by atoms with Crippen LogP contribution in [0, 0.1) is 0 Å². The van der Waals surface area contributed by atoms with Crippen LogP contribution in [0.1, 0.15) is 0 Å². The molecule has 6 heteroatoms. The molecule has 0 bridgehead atoms. The maximum absolute atomic E-state index is 8.82. The Kier molecular flexibility index (Phi) is 4.41. The zero-order chi connectivity index (χ0) is 4.50. The topological polar surface area (TPSA) is 74.6 Å². The Hall–Kier alpha value is 0.585. The van der Waals surface area contributed by atoms with Crippen LogP contribution in [0.25, 0.3) is 0 Å². The average Bonchev–Trinajstić information content (AvgIpc) is 0.722. The summed E-state index contributed by atoms with van der Waals surface area (Å²) in [5, 5.41) is 0. The number of hydrogen-bond donors (Lipinski definition) is 2. The molecular weight excluding hydrogens is 168 g/mol.